The minimum absolute atomic E-state index is 0.523. The monoisotopic (exact) mass is 450 g/mol. The van der Waals surface area contributed by atoms with Gasteiger partial charge in [-0.2, -0.15) is 0 Å². The molecule has 13 nitrogen and oxygen atoms in total. The summed E-state index contributed by atoms with van der Waals surface area (Å²) in [7, 11) is 0. The third-order valence-electron chi connectivity index (χ3n) is 4.72. The van der Waals surface area contributed by atoms with Crippen LogP contribution in [0.25, 0.3) is 0 Å². The lowest BCUT2D eigenvalue weighted by Crippen LogP contribution is -2.64. The molecule has 31 heavy (non-hydrogen) atoms. The Kier molecular flexibility index (Phi) is 9.05. The second-order valence-corrected chi connectivity index (χ2v) is 6.83. The first-order chi connectivity index (χ1) is 14.6. The summed E-state index contributed by atoms with van der Waals surface area (Å²) >= 11 is 0. The molecular formula is C18H26O13. The molecule has 0 aliphatic carbocycles. The molecule has 0 aromatic carbocycles. The average Bonchev–Trinajstić information content (AvgIpc) is 2.77. The van der Waals surface area contributed by atoms with E-state index >= 15 is 0 Å². The maximum absolute atomic E-state index is 11.2. The van der Waals surface area contributed by atoms with E-state index in [4.69, 9.17) is 23.7 Å². The van der Waals surface area contributed by atoms with E-state index in [2.05, 4.69) is 13.2 Å². The summed E-state index contributed by atoms with van der Waals surface area (Å²) in [6, 6.07) is 0. The van der Waals surface area contributed by atoms with Crippen molar-refractivity contribution in [3.63, 3.8) is 0 Å². The van der Waals surface area contributed by atoms with Crippen molar-refractivity contribution in [3.8, 4) is 0 Å². The van der Waals surface area contributed by atoms with Gasteiger partial charge in [-0.15, -0.1) is 0 Å². The molecule has 0 aromatic rings. The minimum atomic E-state index is -1.82. The van der Waals surface area contributed by atoms with Gasteiger partial charge in [-0.1, -0.05) is 13.2 Å². The molecule has 0 bridgehead atoms. The highest BCUT2D eigenvalue weighted by molar-refractivity contribution is 5.81. The van der Waals surface area contributed by atoms with Gasteiger partial charge < -0.3 is 54.3 Å². The van der Waals surface area contributed by atoms with Crippen LogP contribution in [-0.2, 0) is 33.3 Å². The zero-order valence-electron chi connectivity index (χ0n) is 16.3. The third-order valence-corrected chi connectivity index (χ3v) is 4.72. The Balaban J connectivity index is 2.07. The van der Waals surface area contributed by atoms with Crippen molar-refractivity contribution in [2.45, 2.75) is 61.4 Å². The number of hydrogen-bond acceptors (Lipinski definition) is 13. The molecule has 176 valence electrons. The van der Waals surface area contributed by atoms with E-state index in [1.165, 1.54) is 0 Å². The van der Waals surface area contributed by atoms with Crippen LogP contribution in [0.4, 0.5) is 0 Å². The van der Waals surface area contributed by atoms with E-state index in [0.29, 0.717) is 0 Å². The maximum atomic E-state index is 11.2. The molecule has 10 atom stereocenters. The number of esters is 2. The van der Waals surface area contributed by atoms with Gasteiger partial charge >= 0.3 is 11.9 Å². The fraction of sp³-hybridized carbons (Fsp3) is 0.667. The van der Waals surface area contributed by atoms with Crippen molar-refractivity contribution in [3.05, 3.63) is 25.3 Å². The van der Waals surface area contributed by atoms with Crippen molar-refractivity contribution in [2.24, 2.45) is 0 Å². The predicted molar refractivity (Wildman–Crippen MR) is 96.8 cm³/mol. The number of aliphatic hydroxyl groups is 6. The fourth-order valence-corrected chi connectivity index (χ4v) is 2.91. The molecule has 2 fully saturated rings. The molecule has 13 heteroatoms. The summed E-state index contributed by atoms with van der Waals surface area (Å²) in [6.45, 7) is 5.37. The minimum Gasteiger partial charge on any atom is -0.460 e. The van der Waals surface area contributed by atoms with Gasteiger partial charge in [-0.25, -0.2) is 9.59 Å². The van der Waals surface area contributed by atoms with Crippen LogP contribution in [0.5, 0.6) is 0 Å². The van der Waals surface area contributed by atoms with Gasteiger partial charge in [0.15, 0.2) is 12.6 Å². The average molecular weight is 450 g/mol. The van der Waals surface area contributed by atoms with Crippen molar-refractivity contribution in [1.29, 1.82) is 0 Å². The SMILES string of the molecule is C=CC(=O)OC[C@@H]1O[C@@H](O[C@H]2O[C@H](COC(=O)C=C)[C@@H](O)[C@H](O)[C@H]2O)[C@H](O)[C@H](O)[C@H]1O. The lowest BCUT2D eigenvalue weighted by Gasteiger charge is -2.44. The van der Waals surface area contributed by atoms with Gasteiger partial charge in [-0.05, 0) is 0 Å². The van der Waals surface area contributed by atoms with Gasteiger partial charge in [-0.3, -0.25) is 0 Å². The number of ether oxygens (including phenoxy) is 5. The standard InChI is InChI=1S/C18H26O13/c1-3-9(19)27-5-7-11(21)13(23)15(25)17(29-7)31-18-16(26)14(24)12(22)8(30-18)6-28-10(20)4-2/h3-4,7-8,11-18,21-26H,1-2,5-6H2/t7-,8+,11-,12+,13+,14-,15-,16-,17-,18+/m1/s1. The van der Waals surface area contributed by atoms with Crippen molar-refractivity contribution < 1.29 is 63.9 Å². The Bertz CT molecular complexity index is 600. The lowest BCUT2D eigenvalue weighted by molar-refractivity contribution is -0.376. The molecule has 2 saturated heterocycles. The Morgan fingerprint density at radius 2 is 1.03 bits per heavy atom. The van der Waals surface area contributed by atoms with Gasteiger partial charge in [0.05, 0.1) is 0 Å². The molecule has 2 aliphatic rings. The van der Waals surface area contributed by atoms with Crippen LogP contribution in [0, 0.1) is 0 Å². The summed E-state index contributed by atoms with van der Waals surface area (Å²) in [5.41, 5.74) is 0. The van der Waals surface area contributed by atoms with Crippen molar-refractivity contribution in [2.75, 3.05) is 13.2 Å². The van der Waals surface area contributed by atoms with E-state index in [-0.39, 0.29) is 0 Å². The van der Waals surface area contributed by atoms with Gasteiger partial charge in [0.2, 0.25) is 0 Å². The highest BCUT2D eigenvalue weighted by Crippen LogP contribution is 2.28. The second kappa shape index (κ2) is 11.1. The first kappa shape index (κ1) is 25.3. The first-order valence-electron chi connectivity index (χ1n) is 9.23. The summed E-state index contributed by atoms with van der Waals surface area (Å²) in [5, 5.41) is 60.4. The van der Waals surface area contributed by atoms with Crippen LogP contribution in [0.1, 0.15) is 0 Å². The normalized spacial score (nSPS) is 40.6. The van der Waals surface area contributed by atoms with Crippen molar-refractivity contribution in [1.82, 2.24) is 0 Å². The summed E-state index contributed by atoms with van der Waals surface area (Å²) in [4.78, 5) is 22.4. The van der Waals surface area contributed by atoms with Crippen LogP contribution in [-0.4, -0.2) is 117 Å². The molecule has 2 heterocycles. The summed E-state index contributed by atoms with van der Waals surface area (Å²) < 4.78 is 25.5. The summed E-state index contributed by atoms with van der Waals surface area (Å²) in [6.07, 6.45) is -14.8. The number of carbonyl (C=O) groups is 2. The molecule has 0 unspecified atom stereocenters. The van der Waals surface area contributed by atoms with Gasteiger partial charge in [0, 0.05) is 12.2 Å². The van der Waals surface area contributed by atoms with Crippen molar-refractivity contribution >= 4 is 11.9 Å². The van der Waals surface area contributed by atoms with Crippen LogP contribution in [0.3, 0.4) is 0 Å². The largest absolute Gasteiger partial charge is 0.460 e. The van der Waals surface area contributed by atoms with E-state index < -0.39 is 86.6 Å². The molecular weight excluding hydrogens is 424 g/mol. The highest BCUT2D eigenvalue weighted by atomic mass is 16.8. The van der Waals surface area contributed by atoms with E-state index in [1.807, 2.05) is 0 Å². The first-order valence-corrected chi connectivity index (χ1v) is 9.23. The molecule has 0 radical (unpaired) electrons. The Morgan fingerprint density at radius 3 is 1.35 bits per heavy atom. The molecule has 2 aliphatic heterocycles. The van der Waals surface area contributed by atoms with Crippen LogP contribution >= 0.6 is 0 Å². The van der Waals surface area contributed by atoms with Crippen LogP contribution in [0.15, 0.2) is 25.3 Å². The molecule has 0 amide bonds. The van der Waals surface area contributed by atoms with Crippen LogP contribution < -0.4 is 0 Å². The summed E-state index contributed by atoms with van der Waals surface area (Å²) in [5.74, 6) is -1.65. The second-order valence-electron chi connectivity index (χ2n) is 6.83. The van der Waals surface area contributed by atoms with E-state index in [1.54, 1.807) is 0 Å². The quantitative estimate of drug-likeness (QED) is 0.155. The smallest absolute Gasteiger partial charge is 0.330 e. The fourth-order valence-electron chi connectivity index (χ4n) is 2.91. The number of rotatable bonds is 8. The van der Waals surface area contributed by atoms with Crippen LogP contribution in [0.2, 0.25) is 0 Å². The number of carbonyl (C=O) groups excluding carboxylic acids is 2. The molecule has 0 spiro atoms. The van der Waals surface area contributed by atoms with E-state index in [9.17, 15) is 40.2 Å². The topological polar surface area (TPSA) is 202 Å². The molecule has 6 N–H and O–H groups in total. The molecule has 0 aromatic heterocycles. The van der Waals surface area contributed by atoms with E-state index in [0.717, 1.165) is 12.2 Å². The Hall–Kier alpha value is -1.94. The third kappa shape index (κ3) is 6.06. The van der Waals surface area contributed by atoms with Gasteiger partial charge in [0.1, 0.15) is 62.0 Å². The predicted octanol–water partition coefficient (Wildman–Crippen LogP) is -3.92. The molecule has 2 rings (SSSR count). The Morgan fingerprint density at radius 1 is 0.677 bits per heavy atom. The Labute approximate surface area is 176 Å². The zero-order valence-corrected chi connectivity index (χ0v) is 16.3. The zero-order chi connectivity index (χ0) is 23.3. The van der Waals surface area contributed by atoms with Gasteiger partial charge in [0.25, 0.3) is 0 Å². The lowest BCUT2D eigenvalue weighted by atomic mass is 9.98. The molecule has 0 saturated carbocycles. The number of hydrogen-bond donors (Lipinski definition) is 6. The maximum Gasteiger partial charge on any atom is 0.330 e. The number of aliphatic hydroxyl groups excluding tert-OH is 6. The highest BCUT2D eigenvalue weighted by Gasteiger charge is 2.50.